The summed E-state index contributed by atoms with van der Waals surface area (Å²) in [5.41, 5.74) is 5.58. The van der Waals surface area contributed by atoms with E-state index in [1.807, 2.05) is 11.4 Å². The molecule has 1 rings (SSSR count). The molecule has 0 aromatic carbocycles. The number of nitrogens with two attached hydrogens (primary N) is 1. The Labute approximate surface area is 101 Å². The number of thiophene rings is 1. The largest absolute Gasteiger partial charge is 0.392 e. The zero-order valence-corrected chi connectivity index (χ0v) is 10.6. The van der Waals surface area contributed by atoms with E-state index in [9.17, 15) is 4.79 Å². The molecule has 2 atom stereocenters. The molecule has 0 bridgehead atoms. The average Bonchev–Trinajstić information content (AvgIpc) is 2.60. The number of aliphatic hydroxyl groups is 1. The van der Waals surface area contributed by atoms with E-state index < -0.39 is 12.1 Å². The first-order valence-electron chi connectivity index (χ1n) is 4.47. The van der Waals surface area contributed by atoms with Crippen molar-refractivity contribution in [3.63, 3.8) is 0 Å². The van der Waals surface area contributed by atoms with Crippen LogP contribution in [0.4, 0.5) is 0 Å². The number of carbonyl (C=O) groups is 1. The first kappa shape index (κ1) is 12.6. The van der Waals surface area contributed by atoms with Crippen LogP contribution in [0.15, 0.2) is 15.9 Å². The van der Waals surface area contributed by atoms with Crippen LogP contribution in [0.5, 0.6) is 0 Å². The highest BCUT2D eigenvalue weighted by molar-refractivity contribution is 9.10. The third kappa shape index (κ3) is 3.57. The molecular weight excluding hydrogens is 280 g/mol. The number of rotatable bonds is 4. The van der Waals surface area contributed by atoms with E-state index in [0.29, 0.717) is 4.88 Å². The average molecular weight is 293 g/mol. The Bertz CT molecular complexity index is 341. The topological polar surface area (TPSA) is 75.3 Å². The molecule has 0 spiro atoms. The quantitative estimate of drug-likeness (QED) is 0.773. The standard InChI is InChI=1S/C9H13BrN2O2S/c1-5(13)7(11)4-12-9(14)8-6(10)2-3-15-8/h2-3,5,7,13H,4,11H2,1H3,(H,12,14). The fourth-order valence-corrected chi connectivity index (χ4v) is 2.38. The molecule has 1 aromatic rings. The molecule has 0 aliphatic heterocycles. The Kier molecular flexibility index (Phi) is 4.72. The van der Waals surface area contributed by atoms with Gasteiger partial charge in [-0.1, -0.05) is 0 Å². The summed E-state index contributed by atoms with van der Waals surface area (Å²) in [6, 6.07) is 1.38. The maximum absolute atomic E-state index is 11.6. The van der Waals surface area contributed by atoms with Gasteiger partial charge in [-0.15, -0.1) is 11.3 Å². The maximum atomic E-state index is 11.6. The molecular formula is C9H13BrN2O2S. The minimum atomic E-state index is -0.628. The lowest BCUT2D eigenvalue weighted by Crippen LogP contribution is -2.43. The van der Waals surface area contributed by atoms with Crippen molar-refractivity contribution in [2.24, 2.45) is 5.73 Å². The minimum Gasteiger partial charge on any atom is -0.392 e. The van der Waals surface area contributed by atoms with Gasteiger partial charge in [0.2, 0.25) is 0 Å². The van der Waals surface area contributed by atoms with Crippen LogP contribution in [0.25, 0.3) is 0 Å². The monoisotopic (exact) mass is 292 g/mol. The molecule has 4 nitrogen and oxygen atoms in total. The molecule has 15 heavy (non-hydrogen) atoms. The number of carbonyl (C=O) groups excluding carboxylic acids is 1. The minimum absolute atomic E-state index is 0.173. The number of hydrogen-bond acceptors (Lipinski definition) is 4. The Morgan fingerprint density at radius 3 is 2.93 bits per heavy atom. The van der Waals surface area contributed by atoms with Crippen molar-refractivity contribution < 1.29 is 9.90 Å². The van der Waals surface area contributed by atoms with Gasteiger partial charge in [-0.25, -0.2) is 0 Å². The van der Waals surface area contributed by atoms with Gasteiger partial charge in [0.15, 0.2) is 0 Å². The second kappa shape index (κ2) is 5.60. The van der Waals surface area contributed by atoms with Gasteiger partial charge < -0.3 is 16.2 Å². The van der Waals surface area contributed by atoms with Gasteiger partial charge in [-0.05, 0) is 34.3 Å². The lowest BCUT2D eigenvalue weighted by molar-refractivity contribution is 0.0941. The predicted octanol–water partition coefficient (Wildman–Crippen LogP) is 0.949. The van der Waals surface area contributed by atoms with Crippen LogP contribution >= 0.6 is 27.3 Å². The number of hydrogen-bond donors (Lipinski definition) is 3. The number of halogens is 1. The lowest BCUT2D eigenvalue weighted by atomic mass is 10.2. The molecule has 0 aliphatic rings. The Morgan fingerprint density at radius 1 is 1.80 bits per heavy atom. The van der Waals surface area contributed by atoms with Gasteiger partial charge in [0, 0.05) is 17.1 Å². The summed E-state index contributed by atoms with van der Waals surface area (Å²) in [7, 11) is 0. The lowest BCUT2D eigenvalue weighted by Gasteiger charge is -2.14. The second-order valence-electron chi connectivity index (χ2n) is 3.21. The summed E-state index contributed by atoms with van der Waals surface area (Å²) >= 11 is 4.63. The molecule has 1 aromatic heterocycles. The summed E-state index contributed by atoms with van der Waals surface area (Å²) in [4.78, 5) is 12.2. The van der Waals surface area contributed by atoms with Crippen LogP contribution in [0.3, 0.4) is 0 Å². The van der Waals surface area contributed by atoms with Gasteiger partial charge in [0.25, 0.3) is 5.91 Å². The van der Waals surface area contributed by atoms with E-state index in [2.05, 4.69) is 21.2 Å². The molecule has 6 heteroatoms. The normalized spacial score (nSPS) is 14.7. The van der Waals surface area contributed by atoms with Gasteiger partial charge in [0.1, 0.15) is 4.88 Å². The van der Waals surface area contributed by atoms with Crippen molar-refractivity contribution >= 4 is 33.2 Å². The number of nitrogens with one attached hydrogen (secondary N) is 1. The highest BCUT2D eigenvalue weighted by atomic mass is 79.9. The fraction of sp³-hybridized carbons (Fsp3) is 0.444. The summed E-state index contributed by atoms with van der Waals surface area (Å²) in [5.74, 6) is -0.173. The van der Waals surface area contributed by atoms with E-state index in [0.717, 1.165) is 4.47 Å². The maximum Gasteiger partial charge on any atom is 0.262 e. The van der Waals surface area contributed by atoms with Crippen LogP contribution in [-0.4, -0.2) is 29.7 Å². The molecule has 84 valence electrons. The summed E-state index contributed by atoms with van der Waals surface area (Å²) in [6.45, 7) is 1.86. The Morgan fingerprint density at radius 2 is 2.47 bits per heavy atom. The van der Waals surface area contributed by atoms with Gasteiger partial charge in [-0.2, -0.15) is 0 Å². The Balaban J connectivity index is 2.47. The van der Waals surface area contributed by atoms with E-state index in [1.165, 1.54) is 11.3 Å². The Hall–Kier alpha value is -0.430. The highest BCUT2D eigenvalue weighted by Crippen LogP contribution is 2.22. The van der Waals surface area contributed by atoms with Crippen molar-refractivity contribution in [3.05, 3.63) is 20.8 Å². The molecule has 2 unspecified atom stereocenters. The van der Waals surface area contributed by atoms with Crippen molar-refractivity contribution in [1.29, 1.82) is 0 Å². The fourth-order valence-electron chi connectivity index (χ4n) is 0.917. The molecule has 0 radical (unpaired) electrons. The van der Waals surface area contributed by atoms with Crippen LogP contribution in [0.1, 0.15) is 16.6 Å². The first-order valence-corrected chi connectivity index (χ1v) is 6.14. The molecule has 1 heterocycles. The predicted molar refractivity (Wildman–Crippen MR) is 64.0 cm³/mol. The summed E-state index contributed by atoms with van der Waals surface area (Å²) < 4.78 is 0.774. The number of aliphatic hydroxyl groups excluding tert-OH is 1. The third-order valence-corrected chi connectivity index (χ3v) is 3.78. The van der Waals surface area contributed by atoms with Crippen molar-refractivity contribution in [2.75, 3.05) is 6.54 Å². The molecule has 0 fully saturated rings. The number of amides is 1. The van der Waals surface area contributed by atoms with Crippen molar-refractivity contribution in [3.8, 4) is 0 Å². The van der Waals surface area contributed by atoms with Gasteiger partial charge in [-0.3, -0.25) is 4.79 Å². The van der Waals surface area contributed by atoms with Crippen molar-refractivity contribution in [1.82, 2.24) is 5.32 Å². The highest BCUT2D eigenvalue weighted by Gasteiger charge is 2.14. The third-order valence-electron chi connectivity index (χ3n) is 1.94. The smallest absolute Gasteiger partial charge is 0.262 e. The van der Waals surface area contributed by atoms with Crippen molar-refractivity contribution in [2.45, 2.75) is 19.1 Å². The van der Waals surface area contributed by atoms with Gasteiger partial charge in [0.05, 0.1) is 6.10 Å². The molecule has 0 saturated carbocycles. The second-order valence-corrected chi connectivity index (χ2v) is 4.98. The molecule has 4 N–H and O–H groups in total. The zero-order chi connectivity index (χ0) is 11.4. The van der Waals surface area contributed by atoms with Crippen LogP contribution in [0.2, 0.25) is 0 Å². The van der Waals surface area contributed by atoms with E-state index in [-0.39, 0.29) is 12.5 Å². The molecule has 1 amide bonds. The summed E-state index contributed by atoms with van der Waals surface area (Å²) in [5, 5.41) is 13.6. The molecule has 0 saturated heterocycles. The van der Waals surface area contributed by atoms with Crippen LogP contribution in [0, 0.1) is 0 Å². The van der Waals surface area contributed by atoms with Crippen LogP contribution < -0.4 is 11.1 Å². The first-order chi connectivity index (χ1) is 7.02. The van der Waals surface area contributed by atoms with E-state index in [1.54, 1.807) is 6.92 Å². The zero-order valence-electron chi connectivity index (χ0n) is 8.24. The van der Waals surface area contributed by atoms with Gasteiger partial charge >= 0.3 is 0 Å². The van der Waals surface area contributed by atoms with E-state index in [4.69, 9.17) is 10.8 Å². The van der Waals surface area contributed by atoms with E-state index >= 15 is 0 Å². The SMILES string of the molecule is CC(O)C(N)CNC(=O)c1sccc1Br. The molecule has 0 aliphatic carbocycles. The summed E-state index contributed by atoms with van der Waals surface area (Å²) in [6.07, 6.45) is -0.628. The van der Waals surface area contributed by atoms with Crippen LogP contribution in [-0.2, 0) is 0 Å².